The summed E-state index contributed by atoms with van der Waals surface area (Å²) >= 11 is 6.29. The van der Waals surface area contributed by atoms with Gasteiger partial charge in [-0.05, 0) is 80.2 Å². The highest BCUT2D eigenvalue weighted by Crippen LogP contribution is 2.45. The monoisotopic (exact) mass is 350 g/mol. The van der Waals surface area contributed by atoms with Crippen LogP contribution in [0.15, 0.2) is 12.1 Å². The van der Waals surface area contributed by atoms with Gasteiger partial charge in [0.05, 0.1) is 5.02 Å². The maximum Gasteiger partial charge on any atom is 0.144 e. The molecule has 2 aliphatic carbocycles. The number of hydrogen-bond donors (Lipinski definition) is 0. The third-order valence-electron chi connectivity index (χ3n) is 6.77. The summed E-state index contributed by atoms with van der Waals surface area (Å²) in [6, 6.07) is 3.94. The van der Waals surface area contributed by atoms with Gasteiger partial charge in [-0.3, -0.25) is 0 Å². The minimum Gasteiger partial charge on any atom is -0.205 e. The lowest BCUT2D eigenvalue weighted by Gasteiger charge is -2.38. The molecule has 0 unspecified atom stereocenters. The van der Waals surface area contributed by atoms with Crippen molar-refractivity contribution in [3.8, 4) is 0 Å². The van der Waals surface area contributed by atoms with Gasteiger partial charge in [-0.15, -0.1) is 0 Å². The van der Waals surface area contributed by atoms with Crippen molar-refractivity contribution >= 4 is 11.6 Å². The average Bonchev–Trinajstić information content (AvgIpc) is 2.61. The van der Waals surface area contributed by atoms with Crippen molar-refractivity contribution in [2.45, 2.75) is 84.0 Å². The highest BCUT2D eigenvalue weighted by Gasteiger charge is 2.31. The maximum atomic E-state index is 14.1. The van der Waals surface area contributed by atoms with E-state index in [0.29, 0.717) is 16.5 Å². The molecule has 0 radical (unpaired) electrons. The molecule has 0 nitrogen and oxygen atoms in total. The fourth-order valence-corrected chi connectivity index (χ4v) is 5.60. The fourth-order valence-electron chi connectivity index (χ4n) is 5.23. The molecular weight excluding hydrogens is 319 g/mol. The highest BCUT2D eigenvalue weighted by atomic mass is 35.5. The van der Waals surface area contributed by atoms with E-state index in [-0.39, 0.29) is 5.82 Å². The van der Waals surface area contributed by atoms with E-state index in [1.54, 1.807) is 6.92 Å². The van der Waals surface area contributed by atoms with Crippen LogP contribution in [-0.2, 0) is 0 Å². The minimum absolute atomic E-state index is 0.217. The van der Waals surface area contributed by atoms with Crippen molar-refractivity contribution in [2.24, 2.45) is 17.8 Å². The Morgan fingerprint density at radius 3 is 2.12 bits per heavy atom. The molecule has 3 rings (SSSR count). The lowest BCUT2D eigenvalue weighted by Crippen LogP contribution is -2.25. The normalized spacial score (nSPS) is 31.2. The molecular formula is C22H32ClF. The quantitative estimate of drug-likeness (QED) is 0.522. The van der Waals surface area contributed by atoms with E-state index >= 15 is 0 Å². The predicted octanol–water partition coefficient (Wildman–Crippen LogP) is 7.67. The zero-order chi connectivity index (χ0) is 17.1. The zero-order valence-electron chi connectivity index (χ0n) is 15.3. The second kappa shape index (κ2) is 8.21. The molecule has 2 heteroatoms. The van der Waals surface area contributed by atoms with E-state index < -0.39 is 0 Å². The Bertz CT molecular complexity index is 537. The smallest absolute Gasteiger partial charge is 0.144 e. The van der Waals surface area contributed by atoms with Gasteiger partial charge in [-0.25, -0.2) is 4.39 Å². The molecule has 2 fully saturated rings. The van der Waals surface area contributed by atoms with Gasteiger partial charge in [0.2, 0.25) is 0 Å². The summed E-state index contributed by atoms with van der Waals surface area (Å²) in [5.41, 5.74) is 1.70. The Labute approximate surface area is 152 Å². The van der Waals surface area contributed by atoms with Crippen LogP contribution >= 0.6 is 11.6 Å². The molecule has 0 saturated heterocycles. The first-order valence-electron chi connectivity index (χ1n) is 10.0. The molecule has 24 heavy (non-hydrogen) atoms. The van der Waals surface area contributed by atoms with Crippen LogP contribution in [0.5, 0.6) is 0 Å². The van der Waals surface area contributed by atoms with Crippen LogP contribution in [0.25, 0.3) is 0 Å². The SMILES string of the molecule is CCCC1CCC(C2CCC(c3ccc(C)c(F)c3Cl)CC2)CC1. The Morgan fingerprint density at radius 1 is 0.958 bits per heavy atom. The van der Waals surface area contributed by atoms with Crippen molar-refractivity contribution in [3.05, 3.63) is 34.1 Å². The number of hydrogen-bond acceptors (Lipinski definition) is 0. The van der Waals surface area contributed by atoms with Crippen LogP contribution in [0, 0.1) is 30.5 Å². The molecule has 0 heterocycles. The molecule has 1 aromatic rings. The topological polar surface area (TPSA) is 0 Å². The molecule has 0 aromatic heterocycles. The van der Waals surface area contributed by atoms with Gasteiger partial charge >= 0.3 is 0 Å². The highest BCUT2D eigenvalue weighted by molar-refractivity contribution is 6.31. The molecule has 2 aliphatic rings. The summed E-state index contributed by atoms with van der Waals surface area (Å²) in [5.74, 6) is 3.09. The van der Waals surface area contributed by atoms with Crippen LogP contribution < -0.4 is 0 Å². The largest absolute Gasteiger partial charge is 0.205 e. The van der Waals surface area contributed by atoms with Crippen LogP contribution in [0.4, 0.5) is 4.39 Å². The summed E-state index contributed by atoms with van der Waals surface area (Å²) in [6.45, 7) is 4.10. The Balaban J connectivity index is 1.54. The van der Waals surface area contributed by atoms with Gasteiger partial charge in [-0.1, -0.05) is 56.3 Å². The minimum atomic E-state index is -0.217. The van der Waals surface area contributed by atoms with Gasteiger partial charge < -0.3 is 0 Å². The first kappa shape index (κ1) is 18.2. The lowest BCUT2D eigenvalue weighted by atomic mass is 9.68. The van der Waals surface area contributed by atoms with Gasteiger partial charge in [0.25, 0.3) is 0 Å². The lowest BCUT2D eigenvalue weighted by molar-refractivity contribution is 0.156. The zero-order valence-corrected chi connectivity index (χ0v) is 16.0. The van der Waals surface area contributed by atoms with Gasteiger partial charge in [0.15, 0.2) is 0 Å². The molecule has 134 valence electrons. The summed E-state index contributed by atoms with van der Waals surface area (Å²) in [6.07, 6.45) is 13.5. The van der Waals surface area contributed by atoms with Crippen molar-refractivity contribution < 1.29 is 4.39 Å². The number of rotatable bonds is 4. The molecule has 0 aliphatic heterocycles. The third-order valence-corrected chi connectivity index (χ3v) is 7.16. The second-order valence-electron chi connectivity index (χ2n) is 8.28. The predicted molar refractivity (Wildman–Crippen MR) is 101 cm³/mol. The van der Waals surface area contributed by atoms with E-state index in [0.717, 1.165) is 23.3 Å². The van der Waals surface area contributed by atoms with Gasteiger partial charge in [0.1, 0.15) is 5.82 Å². The van der Waals surface area contributed by atoms with E-state index in [2.05, 4.69) is 13.0 Å². The molecule has 2 saturated carbocycles. The molecule has 1 aromatic carbocycles. The average molecular weight is 351 g/mol. The van der Waals surface area contributed by atoms with Gasteiger partial charge in [-0.2, -0.15) is 0 Å². The molecule has 0 N–H and O–H groups in total. The van der Waals surface area contributed by atoms with Crippen molar-refractivity contribution in [1.29, 1.82) is 0 Å². The Hall–Kier alpha value is -0.560. The van der Waals surface area contributed by atoms with Crippen molar-refractivity contribution in [3.63, 3.8) is 0 Å². The molecule has 0 atom stereocenters. The standard InChI is InChI=1S/C22H32ClF/c1-3-4-16-6-8-17(9-7-16)18-10-12-19(13-11-18)20-14-5-15(2)22(24)21(20)23/h5,14,16-19H,3-4,6-13H2,1-2H3. The van der Waals surface area contributed by atoms with Crippen molar-refractivity contribution in [2.75, 3.05) is 0 Å². The maximum absolute atomic E-state index is 14.1. The van der Waals surface area contributed by atoms with Crippen LogP contribution in [0.2, 0.25) is 5.02 Å². The summed E-state index contributed by atoms with van der Waals surface area (Å²) < 4.78 is 14.1. The number of halogens is 2. The molecule has 0 bridgehead atoms. The van der Waals surface area contributed by atoms with E-state index in [1.807, 2.05) is 6.07 Å². The van der Waals surface area contributed by atoms with E-state index in [4.69, 9.17) is 11.6 Å². The second-order valence-corrected chi connectivity index (χ2v) is 8.66. The first-order valence-corrected chi connectivity index (χ1v) is 10.4. The van der Waals surface area contributed by atoms with E-state index in [1.165, 1.54) is 64.2 Å². The molecule has 0 spiro atoms. The van der Waals surface area contributed by atoms with E-state index in [9.17, 15) is 4.39 Å². The third kappa shape index (κ3) is 3.98. The van der Waals surface area contributed by atoms with Crippen LogP contribution in [0.1, 0.15) is 88.2 Å². The van der Waals surface area contributed by atoms with Crippen LogP contribution in [-0.4, -0.2) is 0 Å². The molecule has 0 amide bonds. The summed E-state index contributed by atoms with van der Waals surface area (Å²) in [7, 11) is 0. The summed E-state index contributed by atoms with van der Waals surface area (Å²) in [5, 5.41) is 0.374. The fraction of sp³-hybridized carbons (Fsp3) is 0.727. The number of benzene rings is 1. The first-order chi connectivity index (χ1) is 11.6. The van der Waals surface area contributed by atoms with Crippen molar-refractivity contribution in [1.82, 2.24) is 0 Å². The van der Waals surface area contributed by atoms with Gasteiger partial charge in [0, 0.05) is 0 Å². The Kier molecular flexibility index (Phi) is 6.24. The van der Waals surface area contributed by atoms with Crippen LogP contribution in [0.3, 0.4) is 0 Å². The summed E-state index contributed by atoms with van der Waals surface area (Å²) in [4.78, 5) is 0. The Morgan fingerprint density at radius 2 is 1.54 bits per heavy atom. The number of aryl methyl sites for hydroxylation is 1.